The zero-order chi connectivity index (χ0) is 14.7. The monoisotopic (exact) mass is 342 g/mol. The average Bonchev–Trinajstić information content (AvgIpc) is 2.53. The van der Waals surface area contributed by atoms with Crippen molar-refractivity contribution in [2.24, 2.45) is 0 Å². The van der Waals surface area contributed by atoms with Gasteiger partial charge in [0, 0.05) is 22.0 Å². The Morgan fingerprint density at radius 3 is 2.76 bits per heavy atom. The molecule has 0 amide bonds. The number of fused-ring (bicyclic) bond motifs is 1. The zero-order valence-corrected chi connectivity index (χ0v) is 13.3. The van der Waals surface area contributed by atoms with Gasteiger partial charge in [0.15, 0.2) is 0 Å². The maximum atomic E-state index is 5.85. The molecular weight excluding hydrogens is 328 g/mol. The summed E-state index contributed by atoms with van der Waals surface area (Å²) in [5, 5.41) is 1.88. The van der Waals surface area contributed by atoms with E-state index in [1.165, 1.54) is 0 Å². The number of nitrogens with zero attached hydrogens (tertiary/aromatic N) is 2. The van der Waals surface area contributed by atoms with Gasteiger partial charge in [-0.25, -0.2) is 0 Å². The number of hydrogen-bond acceptors (Lipinski definition) is 3. The number of hydrogen-bond donors (Lipinski definition) is 0. The Morgan fingerprint density at radius 2 is 2.00 bits per heavy atom. The van der Waals surface area contributed by atoms with Crippen molar-refractivity contribution in [2.45, 2.75) is 18.9 Å². The number of rotatable bonds is 4. The molecule has 3 rings (SSSR count). The molecule has 0 saturated heterocycles. The Hall–Kier alpha value is -1.94. The molecule has 106 valence electrons. The molecule has 2 aromatic heterocycles. The van der Waals surface area contributed by atoms with E-state index in [2.05, 4.69) is 38.0 Å². The van der Waals surface area contributed by atoms with Crippen LogP contribution in [0.2, 0.25) is 0 Å². The molecule has 2 heterocycles. The molecule has 0 atom stereocenters. The van der Waals surface area contributed by atoms with Crippen molar-refractivity contribution in [1.29, 1.82) is 0 Å². The van der Waals surface area contributed by atoms with Crippen LogP contribution >= 0.6 is 15.9 Å². The fraction of sp³-hybridized carbons (Fsp3) is 0.176. The minimum absolute atomic E-state index is 0.513. The number of benzene rings is 1. The summed E-state index contributed by atoms with van der Waals surface area (Å²) in [5.74, 6) is 0.776. The summed E-state index contributed by atoms with van der Waals surface area (Å²) in [5.41, 5.74) is 4.14. The van der Waals surface area contributed by atoms with Crippen LogP contribution in [0.15, 0.2) is 48.7 Å². The molecule has 0 aliphatic carbocycles. The summed E-state index contributed by atoms with van der Waals surface area (Å²) in [6, 6.07) is 14.1. The summed E-state index contributed by atoms with van der Waals surface area (Å²) < 4.78 is 5.85. The summed E-state index contributed by atoms with van der Waals surface area (Å²) in [7, 11) is 0. The van der Waals surface area contributed by atoms with Crippen LogP contribution in [0.25, 0.3) is 10.9 Å². The number of para-hydroxylation sites is 1. The van der Waals surface area contributed by atoms with E-state index < -0.39 is 0 Å². The lowest BCUT2D eigenvalue weighted by Gasteiger charge is -2.10. The third-order valence-corrected chi connectivity index (χ3v) is 3.83. The maximum absolute atomic E-state index is 5.85. The molecule has 0 N–H and O–H groups in total. The second-order valence-electron chi connectivity index (χ2n) is 4.85. The number of aromatic nitrogens is 2. The maximum Gasteiger partial charge on any atom is 0.138 e. The summed E-state index contributed by atoms with van der Waals surface area (Å²) in [6.07, 6.45) is 1.76. The summed E-state index contributed by atoms with van der Waals surface area (Å²) in [4.78, 5) is 8.85. The average molecular weight is 343 g/mol. The van der Waals surface area contributed by atoms with E-state index in [4.69, 9.17) is 4.74 Å². The molecule has 0 bridgehead atoms. The lowest BCUT2D eigenvalue weighted by molar-refractivity contribution is 0.306. The van der Waals surface area contributed by atoms with E-state index in [9.17, 15) is 0 Å². The summed E-state index contributed by atoms with van der Waals surface area (Å²) >= 11 is 3.38. The van der Waals surface area contributed by atoms with Crippen LogP contribution in [0.3, 0.4) is 0 Å². The van der Waals surface area contributed by atoms with Crippen LogP contribution < -0.4 is 4.74 Å². The molecule has 0 unspecified atom stereocenters. The SMILES string of the molecule is Cc1cc(COc2ccc(CBr)nc2)c2ccccc2n1. The normalized spacial score (nSPS) is 10.8. The lowest BCUT2D eigenvalue weighted by Crippen LogP contribution is -1.99. The Labute approximate surface area is 132 Å². The topological polar surface area (TPSA) is 35.0 Å². The molecule has 0 saturated carbocycles. The number of aryl methyl sites for hydroxylation is 1. The largest absolute Gasteiger partial charge is 0.487 e. The first-order valence-electron chi connectivity index (χ1n) is 6.75. The smallest absolute Gasteiger partial charge is 0.138 e. The molecule has 3 aromatic rings. The van der Waals surface area contributed by atoms with Crippen molar-refractivity contribution in [3.63, 3.8) is 0 Å². The van der Waals surface area contributed by atoms with E-state index in [1.54, 1.807) is 6.20 Å². The van der Waals surface area contributed by atoms with Gasteiger partial charge in [-0.15, -0.1) is 0 Å². The van der Waals surface area contributed by atoms with Gasteiger partial charge in [0.05, 0.1) is 17.4 Å². The van der Waals surface area contributed by atoms with Crippen LogP contribution in [-0.4, -0.2) is 9.97 Å². The molecule has 4 heteroatoms. The van der Waals surface area contributed by atoms with E-state index >= 15 is 0 Å². The van der Waals surface area contributed by atoms with Gasteiger partial charge < -0.3 is 4.74 Å². The van der Waals surface area contributed by atoms with Gasteiger partial charge in [-0.1, -0.05) is 34.1 Å². The molecule has 1 aromatic carbocycles. The van der Waals surface area contributed by atoms with E-state index in [-0.39, 0.29) is 0 Å². The van der Waals surface area contributed by atoms with Crippen molar-refractivity contribution >= 4 is 26.8 Å². The number of ether oxygens (including phenoxy) is 1. The molecule has 0 fully saturated rings. The highest BCUT2D eigenvalue weighted by molar-refractivity contribution is 9.08. The van der Waals surface area contributed by atoms with Gasteiger partial charge in [-0.3, -0.25) is 9.97 Å². The first kappa shape index (κ1) is 14.0. The van der Waals surface area contributed by atoms with E-state index in [0.717, 1.165) is 38.9 Å². The van der Waals surface area contributed by atoms with Crippen LogP contribution in [-0.2, 0) is 11.9 Å². The molecule has 0 aliphatic heterocycles. The number of alkyl halides is 1. The van der Waals surface area contributed by atoms with Gasteiger partial charge in [0.1, 0.15) is 12.4 Å². The van der Waals surface area contributed by atoms with Gasteiger partial charge in [0.25, 0.3) is 0 Å². The van der Waals surface area contributed by atoms with Crippen LogP contribution in [0.1, 0.15) is 17.0 Å². The lowest BCUT2D eigenvalue weighted by atomic mass is 10.1. The minimum Gasteiger partial charge on any atom is -0.487 e. The first-order valence-corrected chi connectivity index (χ1v) is 7.87. The van der Waals surface area contributed by atoms with Gasteiger partial charge in [-0.2, -0.15) is 0 Å². The standard InChI is InChI=1S/C17H15BrN2O/c1-12-8-13(16-4-2-3-5-17(16)20-12)11-21-15-7-6-14(9-18)19-10-15/h2-8,10H,9,11H2,1H3. The minimum atomic E-state index is 0.513. The number of halogens is 1. The second kappa shape index (κ2) is 6.22. The van der Waals surface area contributed by atoms with Crippen LogP contribution in [0.4, 0.5) is 0 Å². The highest BCUT2D eigenvalue weighted by Crippen LogP contribution is 2.20. The van der Waals surface area contributed by atoms with Gasteiger partial charge in [0.2, 0.25) is 0 Å². The van der Waals surface area contributed by atoms with Gasteiger partial charge >= 0.3 is 0 Å². The molecule has 0 spiro atoms. The predicted octanol–water partition coefficient (Wildman–Crippen LogP) is 4.41. The van der Waals surface area contributed by atoms with Crippen LogP contribution in [0, 0.1) is 6.92 Å². The molecule has 0 radical (unpaired) electrons. The second-order valence-corrected chi connectivity index (χ2v) is 5.41. The van der Waals surface area contributed by atoms with Crippen molar-refractivity contribution < 1.29 is 4.74 Å². The van der Waals surface area contributed by atoms with Gasteiger partial charge in [-0.05, 0) is 31.2 Å². The molecule has 3 nitrogen and oxygen atoms in total. The molecular formula is C17H15BrN2O. The van der Waals surface area contributed by atoms with E-state index in [1.807, 2.05) is 37.3 Å². The summed E-state index contributed by atoms with van der Waals surface area (Å²) in [6.45, 7) is 2.52. The van der Waals surface area contributed by atoms with Crippen molar-refractivity contribution in [3.05, 3.63) is 65.6 Å². The Balaban J connectivity index is 1.84. The highest BCUT2D eigenvalue weighted by Gasteiger charge is 2.05. The fourth-order valence-electron chi connectivity index (χ4n) is 2.25. The first-order chi connectivity index (χ1) is 10.3. The Morgan fingerprint density at radius 1 is 1.14 bits per heavy atom. The fourth-order valence-corrected chi connectivity index (χ4v) is 2.58. The molecule has 0 aliphatic rings. The van der Waals surface area contributed by atoms with Crippen molar-refractivity contribution in [1.82, 2.24) is 9.97 Å². The van der Waals surface area contributed by atoms with Crippen molar-refractivity contribution in [2.75, 3.05) is 0 Å². The predicted molar refractivity (Wildman–Crippen MR) is 87.7 cm³/mol. The number of pyridine rings is 2. The molecule has 21 heavy (non-hydrogen) atoms. The third-order valence-electron chi connectivity index (χ3n) is 3.26. The highest BCUT2D eigenvalue weighted by atomic mass is 79.9. The third kappa shape index (κ3) is 3.22. The van der Waals surface area contributed by atoms with E-state index in [0.29, 0.717) is 6.61 Å². The van der Waals surface area contributed by atoms with Crippen molar-refractivity contribution in [3.8, 4) is 5.75 Å². The van der Waals surface area contributed by atoms with Crippen LogP contribution in [0.5, 0.6) is 5.75 Å². The quantitative estimate of drug-likeness (QED) is 0.658. The Bertz CT molecular complexity index is 756. The Kier molecular flexibility index (Phi) is 4.15. The zero-order valence-electron chi connectivity index (χ0n) is 11.7.